The topological polar surface area (TPSA) is 0 Å². The van der Waals surface area contributed by atoms with E-state index >= 15 is 0 Å². The van der Waals surface area contributed by atoms with Crippen LogP contribution in [0.4, 0.5) is 0 Å². The second-order valence-electron chi connectivity index (χ2n) is 5.17. The molecule has 0 aliphatic rings. The first-order chi connectivity index (χ1) is 9.42. The SMILES string of the molecule is CCCCCCCC=Cc1cccc2ccccc12. The number of hydrogen-bond donors (Lipinski definition) is 0. The minimum Gasteiger partial charge on any atom is -0.0839 e. The molecule has 0 saturated carbocycles. The lowest BCUT2D eigenvalue weighted by molar-refractivity contribution is 0.638. The van der Waals surface area contributed by atoms with Gasteiger partial charge in [0.05, 0.1) is 0 Å². The summed E-state index contributed by atoms with van der Waals surface area (Å²) in [7, 11) is 0. The predicted octanol–water partition coefficient (Wildman–Crippen LogP) is 6.21. The molecule has 0 fully saturated rings. The third kappa shape index (κ3) is 4.24. The van der Waals surface area contributed by atoms with E-state index in [0.717, 1.165) is 0 Å². The molecule has 0 amide bonds. The van der Waals surface area contributed by atoms with E-state index in [1.54, 1.807) is 0 Å². The molecule has 2 aromatic rings. The quantitative estimate of drug-likeness (QED) is 0.514. The van der Waals surface area contributed by atoms with Crippen LogP contribution in [0.25, 0.3) is 16.8 Å². The van der Waals surface area contributed by atoms with Gasteiger partial charge in [0.25, 0.3) is 0 Å². The molecule has 0 unspecified atom stereocenters. The van der Waals surface area contributed by atoms with Gasteiger partial charge >= 0.3 is 0 Å². The molecule has 100 valence electrons. The zero-order chi connectivity index (χ0) is 13.3. The Morgan fingerprint density at radius 2 is 1.63 bits per heavy atom. The van der Waals surface area contributed by atoms with Gasteiger partial charge in [-0.25, -0.2) is 0 Å². The highest BCUT2D eigenvalue weighted by molar-refractivity contribution is 5.90. The van der Waals surface area contributed by atoms with E-state index in [1.807, 2.05) is 0 Å². The van der Waals surface area contributed by atoms with Crippen molar-refractivity contribution >= 4 is 16.8 Å². The third-order valence-corrected chi connectivity index (χ3v) is 3.60. The summed E-state index contributed by atoms with van der Waals surface area (Å²) in [5.41, 5.74) is 1.34. The summed E-state index contributed by atoms with van der Waals surface area (Å²) in [6.45, 7) is 2.26. The molecule has 0 radical (unpaired) electrons. The first-order valence-corrected chi connectivity index (χ1v) is 7.56. The van der Waals surface area contributed by atoms with Crippen molar-refractivity contribution < 1.29 is 0 Å². The van der Waals surface area contributed by atoms with E-state index in [4.69, 9.17) is 0 Å². The monoisotopic (exact) mass is 252 g/mol. The van der Waals surface area contributed by atoms with Gasteiger partial charge in [-0.15, -0.1) is 0 Å². The van der Waals surface area contributed by atoms with Crippen molar-refractivity contribution in [2.24, 2.45) is 0 Å². The molecule has 2 rings (SSSR count). The van der Waals surface area contributed by atoms with Gasteiger partial charge in [-0.1, -0.05) is 87.2 Å². The van der Waals surface area contributed by atoms with Gasteiger partial charge in [0.15, 0.2) is 0 Å². The lowest BCUT2D eigenvalue weighted by Crippen LogP contribution is -1.78. The molecule has 2 aromatic carbocycles. The summed E-state index contributed by atoms with van der Waals surface area (Å²) in [6, 6.07) is 15.1. The lowest BCUT2D eigenvalue weighted by Gasteiger charge is -2.01. The summed E-state index contributed by atoms with van der Waals surface area (Å²) in [5.74, 6) is 0. The largest absolute Gasteiger partial charge is 0.0839 e. The average Bonchev–Trinajstić information content (AvgIpc) is 2.46. The fraction of sp³-hybridized carbons (Fsp3) is 0.368. The molecule has 0 atom stereocenters. The van der Waals surface area contributed by atoms with Crippen molar-refractivity contribution in [2.45, 2.75) is 45.4 Å². The second-order valence-corrected chi connectivity index (χ2v) is 5.17. The zero-order valence-electron chi connectivity index (χ0n) is 11.9. The Kier molecular flexibility index (Phi) is 5.68. The van der Waals surface area contributed by atoms with Crippen molar-refractivity contribution in [3.8, 4) is 0 Å². The molecule has 0 aliphatic heterocycles. The fourth-order valence-corrected chi connectivity index (χ4v) is 2.47. The Bertz CT molecular complexity index is 517. The Labute approximate surface area is 117 Å². The Morgan fingerprint density at radius 3 is 2.53 bits per heavy atom. The second kappa shape index (κ2) is 7.78. The van der Waals surface area contributed by atoms with Crippen molar-refractivity contribution in [3.63, 3.8) is 0 Å². The van der Waals surface area contributed by atoms with E-state index in [9.17, 15) is 0 Å². The molecule has 19 heavy (non-hydrogen) atoms. The lowest BCUT2D eigenvalue weighted by atomic mass is 10.0. The fourth-order valence-electron chi connectivity index (χ4n) is 2.47. The highest BCUT2D eigenvalue weighted by atomic mass is 14.0. The van der Waals surface area contributed by atoms with Gasteiger partial charge in [0.2, 0.25) is 0 Å². The summed E-state index contributed by atoms with van der Waals surface area (Å²) in [4.78, 5) is 0. The van der Waals surface area contributed by atoms with Crippen LogP contribution < -0.4 is 0 Å². The molecule has 0 nitrogen and oxygen atoms in total. The molecule has 0 spiro atoms. The molecular formula is C19H24. The van der Waals surface area contributed by atoms with Gasteiger partial charge in [-0.05, 0) is 29.2 Å². The van der Waals surface area contributed by atoms with E-state index < -0.39 is 0 Å². The molecule has 0 aliphatic carbocycles. The summed E-state index contributed by atoms with van der Waals surface area (Å²) in [6.07, 6.45) is 12.6. The van der Waals surface area contributed by atoms with Gasteiger partial charge < -0.3 is 0 Å². The van der Waals surface area contributed by atoms with Gasteiger partial charge in [0.1, 0.15) is 0 Å². The van der Waals surface area contributed by atoms with Gasteiger partial charge in [-0.3, -0.25) is 0 Å². The van der Waals surface area contributed by atoms with Crippen LogP contribution in [0.3, 0.4) is 0 Å². The summed E-state index contributed by atoms with van der Waals surface area (Å²) < 4.78 is 0. The smallest absolute Gasteiger partial charge is 0.0112 e. The van der Waals surface area contributed by atoms with Crippen molar-refractivity contribution in [1.82, 2.24) is 0 Å². The standard InChI is InChI=1S/C19H24/c1-2-3-4-5-6-7-8-12-17-14-11-15-18-13-9-10-16-19(17)18/h8-16H,2-7H2,1H3. The zero-order valence-corrected chi connectivity index (χ0v) is 11.9. The van der Waals surface area contributed by atoms with Crippen LogP contribution in [-0.2, 0) is 0 Å². The normalized spacial score (nSPS) is 11.4. The molecule has 0 heterocycles. The maximum absolute atomic E-state index is 2.33. The van der Waals surface area contributed by atoms with E-state index in [1.165, 1.54) is 54.9 Å². The number of fused-ring (bicyclic) bond motifs is 1. The van der Waals surface area contributed by atoms with Crippen LogP contribution in [0.15, 0.2) is 48.5 Å². The van der Waals surface area contributed by atoms with E-state index in [0.29, 0.717) is 0 Å². The molecule has 0 aromatic heterocycles. The highest BCUT2D eigenvalue weighted by Crippen LogP contribution is 2.20. The number of hydrogen-bond acceptors (Lipinski definition) is 0. The molecule has 0 saturated heterocycles. The van der Waals surface area contributed by atoms with Gasteiger partial charge in [0, 0.05) is 0 Å². The number of rotatable bonds is 7. The summed E-state index contributed by atoms with van der Waals surface area (Å²) in [5, 5.41) is 2.68. The van der Waals surface area contributed by atoms with Crippen molar-refractivity contribution in [3.05, 3.63) is 54.1 Å². The minimum absolute atomic E-state index is 1.20. The predicted molar refractivity (Wildman–Crippen MR) is 86.4 cm³/mol. The maximum atomic E-state index is 2.33. The van der Waals surface area contributed by atoms with Crippen LogP contribution in [0.1, 0.15) is 51.0 Å². The van der Waals surface area contributed by atoms with Crippen molar-refractivity contribution in [1.29, 1.82) is 0 Å². The first kappa shape index (κ1) is 13.9. The number of allylic oxidation sites excluding steroid dienone is 1. The van der Waals surface area contributed by atoms with E-state index in [-0.39, 0.29) is 0 Å². The molecule has 0 heteroatoms. The number of unbranched alkanes of at least 4 members (excludes halogenated alkanes) is 5. The third-order valence-electron chi connectivity index (χ3n) is 3.60. The Balaban J connectivity index is 1.90. The van der Waals surface area contributed by atoms with Crippen LogP contribution in [0.5, 0.6) is 0 Å². The first-order valence-electron chi connectivity index (χ1n) is 7.56. The van der Waals surface area contributed by atoms with Crippen LogP contribution in [-0.4, -0.2) is 0 Å². The van der Waals surface area contributed by atoms with E-state index in [2.05, 4.69) is 61.5 Å². The Morgan fingerprint density at radius 1 is 0.842 bits per heavy atom. The molecule has 0 bridgehead atoms. The average molecular weight is 252 g/mol. The summed E-state index contributed by atoms with van der Waals surface area (Å²) >= 11 is 0. The minimum atomic E-state index is 1.20. The highest BCUT2D eigenvalue weighted by Gasteiger charge is 1.95. The molecule has 0 N–H and O–H groups in total. The molecular weight excluding hydrogens is 228 g/mol. The van der Waals surface area contributed by atoms with Crippen LogP contribution in [0.2, 0.25) is 0 Å². The van der Waals surface area contributed by atoms with Crippen molar-refractivity contribution in [2.75, 3.05) is 0 Å². The van der Waals surface area contributed by atoms with Crippen LogP contribution in [0, 0.1) is 0 Å². The Hall–Kier alpha value is -1.56. The van der Waals surface area contributed by atoms with Gasteiger partial charge in [-0.2, -0.15) is 0 Å². The number of benzene rings is 2. The maximum Gasteiger partial charge on any atom is -0.0112 e. The van der Waals surface area contributed by atoms with Crippen LogP contribution >= 0.6 is 0 Å².